The van der Waals surface area contributed by atoms with E-state index in [1.807, 2.05) is 20.8 Å². The summed E-state index contributed by atoms with van der Waals surface area (Å²) in [7, 11) is 0. The molecule has 3 atom stereocenters. The van der Waals surface area contributed by atoms with Crippen LogP contribution in [0.1, 0.15) is 59.8 Å². The van der Waals surface area contributed by atoms with Crippen LogP contribution in [0.4, 0.5) is 0 Å². The number of nitrogens with one attached hydrogen (secondary N) is 2. The summed E-state index contributed by atoms with van der Waals surface area (Å²) in [6, 6.07) is -0.775. The lowest BCUT2D eigenvalue weighted by atomic mass is 9.86. The van der Waals surface area contributed by atoms with E-state index in [-0.39, 0.29) is 48.9 Å². The highest BCUT2D eigenvalue weighted by Crippen LogP contribution is 2.21. The Kier molecular flexibility index (Phi) is 12.9. The van der Waals surface area contributed by atoms with Crippen molar-refractivity contribution in [2.24, 2.45) is 11.3 Å². The Bertz CT molecular complexity index is 554. The first-order chi connectivity index (χ1) is 13.5. The van der Waals surface area contributed by atoms with Crippen molar-refractivity contribution in [3.63, 3.8) is 0 Å². The molecule has 0 aromatic rings. The van der Waals surface area contributed by atoms with Crippen molar-refractivity contribution >= 4 is 17.8 Å². The molecule has 7 heteroatoms. The van der Waals surface area contributed by atoms with Gasteiger partial charge in [-0.3, -0.25) is 14.4 Å². The Morgan fingerprint density at radius 1 is 1.14 bits per heavy atom. The molecular weight excluding hydrogens is 372 g/mol. The van der Waals surface area contributed by atoms with Gasteiger partial charge < -0.3 is 20.5 Å². The number of ether oxygens (including phenoxy) is 1. The summed E-state index contributed by atoms with van der Waals surface area (Å²) < 4.78 is 5.35. The summed E-state index contributed by atoms with van der Waals surface area (Å²) in [5.74, 6) is -1.50. The van der Waals surface area contributed by atoms with Crippen LogP contribution in [0.3, 0.4) is 0 Å². The molecule has 0 spiro atoms. The molecule has 2 amide bonds. The zero-order valence-electron chi connectivity index (χ0n) is 18.3. The molecule has 3 unspecified atom stereocenters. The molecule has 29 heavy (non-hydrogen) atoms. The van der Waals surface area contributed by atoms with Crippen molar-refractivity contribution in [1.82, 2.24) is 10.6 Å². The predicted molar refractivity (Wildman–Crippen MR) is 114 cm³/mol. The zero-order valence-corrected chi connectivity index (χ0v) is 18.3. The lowest BCUT2D eigenvalue weighted by Crippen LogP contribution is -2.49. The summed E-state index contributed by atoms with van der Waals surface area (Å²) in [6.07, 6.45) is 5.40. The average Bonchev–Trinajstić information content (AvgIpc) is 2.63. The standard InChI is InChI=1S/C22H38N2O5/c1-7-9-10-12-20(27)29-15-18(22(4,5)6)24-21(28)17(11-8-2)13-19(26)23-16(3)14-25/h7-8,16-18,25H,1-2,9-15H2,3-6H3,(H,23,26)(H,24,28). The maximum atomic E-state index is 12.8. The third-order valence-electron chi connectivity index (χ3n) is 4.50. The number of allylic oxidation sites excluding steroid dienone is 2. The van der Waals surface area contributed by atoms with E-state index in [0.29, 0.717) is 19.3 Å². The molecule has 0 bridgehead atoms. The minimum Gasteiger partial charge on any atom is -0.463 e. The second kappa shape index (κ2) is 13.9. The molecule has 0 aliphatic rings. The summed E-state index contributed by atoms with van der Waals surface area (Å²) in [5.41, 5.74) is -0.344. The summed E-state index contributed by atoms with van der Waals surface area (Å²) in [4.78, 5) is 36.8. The second-order valence-electron chi connectivity index (χ2n) is 8.37. The van der Waals surface area contributed by atoms with Crippen LogP contribution in [0.2, 0.25) is 0 Å². The van der Waals surface area contributed by atoms with Gasteiger partial charge in [0.05, 0.1) is 18.6 Å². The Hall–Kier alpha value is -2.15. The fourth-order valence-corrected chi connectivity index (χ4v) is 2.52. The predicted octanol–water partition coefficient (Wildman–Crippen LogP) is 2.50. The maximum Gasteiger partial charge on any atom is 0.305 e. The molecule has 0 saturated heterocycles. The Morgan fingerprint density at radius 2 is 1.79 bits per heavy atom. The Labute approximate surface area is 175 Å². The quantitative estimate of drug-likeness (QED) is 0.232. The SMILES string of the molecule is C=CCCCC(=O)OCC(NC(=O)C(CC=C)CC(=O)NC(C)CO)C(C)(C)C. The van der Waals surface area contributed by atoms with E-state index in [9.17, 15) is 14.4 Å². The van der Waals surface area contributed by atoms with Gasteiger partial charge >= 0.3 is 5.97 Å². The van der Waals surface area contributed by atoms with E-state index >= 15 is 0 Å². The minimum atomic E-state index is -0.591. The van der Waals surface area contributed by atoms with Crippen LogP contribution in [-0.2, 0) is 19.1 Å². The monoisotopic (exact) mass is 410 g/mol. The number of aliphatic hydroxyl groups is 1. The molecule has 0 saturated carbocycles. The van der Waals surface area contributed by atoms with E-state index in [4.69, 9.17) is 9.84 Å². The second-order valence-corrected chi connectivity index (χ2v) is 8.37. The van der Waals surface area contributed by atoms with E-state index in [1.165, 1.54) is 0 Å². The maximum absolute atomic E-state index is 12.8. The summed E-state index contributed by atoms with van der Waals surface area (Å²) in [5, 5.41) is 14.6. The largest absolute Gasteiger partial charge is 0.463 e. The van der Waals surface area contributed by atoms with Crippen molar-refractivity contribution in [2.75, 3.05) is 13.2 Å². The van der Waals surface area contributed by atoms with Crippen LogP contribution in [-0.4, -0.2) is 48.2 Å². The molecular formula is C22H38N2O5. The molecule has 0 aromatic heterocycles. The number of rotatable bonds is 14. The smallest absolute Gasteiger partial charge is 0.305 e. The number of carbonyl (C=O) groups excluding carboxylic acids is 3. The van der Waals surface area contributed by atoms with E-state index < -0.39 is 12.0 Å². The summed E-state index contributed by atoms with van der Waals surface area (Å²) >= 11 is 0. The van der Waals surface area contributed by atoms with Crippen LogP contribution in [0.15, 0.2) is 25.3 Å². The van der Waals surface area contributed by atoms with E-state index in [0.717, 1.165) is 6.42 Å². The minimum absolute atomic E-state index is 0.0135. The fourth-order valence-electron chi connectivity index (χ4n) is 2.52. The van der Waals surface area contributed by atoms with Crippen molar-refractivity contribution in [2.45, 2.75) is 71.9 Å². The van der Waals surface area contributed by atoms with Gasteiger partial charge in [-0.1, -0.05) is 32.9 Å². The van der Waals surface area contributed by atoms with Crippen LogP contribution < -0.4 is 10.6 Å². The number of unbranched alkanes of at least 4 members (excludes halogenated alkanes) is 1. The molecule has 0 fully saturated rings. The van der Waals surface area contributed by atoms with Crippen LogP contribution >= 0.6 is 0 Å². The molecule has 166 valence electrons. The number of hydrogen-bond acceptors (Lipinski definition) is 5. The van der Waals surface area contributed by atoms with Gasteiger partial charge in [0.1, 0.15) is 6.61 Å². The average molecular weight is 411 g/mol. The highest BCUT2D eigenvalue weighted by molar-refractivity contribution is 5.86. The van der Waals surface area contributed by atoms with Crippen LogP contribution in [0.5, 0.6) is 0 Å². The number of aliphatic hydroxyl groups excluding tert-OH is 1. The molecule has 0 radical (unpaired) electrons. The Morgan fingerprint density at radius 3 is 2.31 bits per heavy atom. The first kappa shape index (κ1) is 26.9. The fraction of sp³-hybridized carbons (Fsp3) is 0.682. The zero-order chi connectivity index (χ0) is 22.4. The first-order valence-corrected chi connectivity index (χ1v) is 10.1. The lowest BCUT2D eigenvalue weighted by molar-refractivity contribution is -0.146. The molecule has 7 nitrogen and oxygen atoms in total. The van der Waals surface area contributed by atoms with Gasteiger partial charge in [-0.05, 0) is 31.6 Å². The number of carbonyl (C=O) groups is 3. The van der Waals surface area contributed by atoms with E-state index in [1.54, 1.807) is 19.1 Å². The van der Waals surface area contributed by atoms with Crippen molar-refractivity contribution in [1.29, 1.82) is 0 Å². The summed E-state index contributed by atoms with van der Waals surface area (Å²) in [6.45, 7) is 14.7. The van der Waals surface area contributed by atoms with E-state index in [2.05, 4.69) is 23.8 Å². The molecule has 0 aliphatic heterocycles. The third-order valence-corrected chi connectivity index (χ3v) is 4.50. The van der Waals surface area contributed by atoms with Gasteiger partial charge in [0.25, 0.3) is 0 Å². The van der Waals surface area contributed by atoms with Crippen molar-refractivity contribution < 1.29 is 24.2 Å². The first-order valence-electron chi connectivity index (χ1n) is 10.1. The normalized spacial score (nSPS) is 14.2. The lowest BCUT2D eigenvalue weighted by Gasteiger charge is -2.32. The Balaban J connectivity index is 4.93. The highest BCUT2D eigenvalue weighted by atomic mass is 16.5. The van der Waals surface area contributed by atoms with Gasteiger partial charge in [0.15, 0.2) is 0 Å². The highest BCUT2D eigenvalue weighted by Gasteiger charge is 2.30. The van der Waals surface area contributed by atoms with Crippen LogP contribution in [0.25, 0.3) is 0 Å². The van der Waals surface area contributed by atoms with Gasteiger partial charge in [-0.25, -0.2) is 0 Å². The molecule has 0 aromatic carbocycles. The van der Waals surface area contributed by atoms with Gasteiger partial charge in [-0.2, -0.15) is 0 Å². The number of hydrogen-bond donors (Lipinski definition) is 3. The van der Waals surface area contributed by atoms with Gasteiger partial charge in [0.2, 0.25) is 11.8 Å². The van der Waals surface area contributed by atoms with Crippen molar-refractivity contribution in [3.05, 3.63) is 25.3 Å². The topological polar surface area (TPSA) is 105 Å². The third kappa shape index (κ3) is 12.1. The van der Waals surface area contributed by atoms with Gasteiger partial charge in [-0.15, -0.1) is 13.2 Å². The molecule has 3 N–H and O–H groups in total. The molecule has 0 heterocycles. The van der Waals surface area contributed by atoms with Gasteiger partial charge in [0, 0.05) is 18.9 Å². The number of amides is 2. The van der Waals surface area contributed by atoms with Crippen molar-refractivity contribution in [3.8, 4) is 0 Å². The molecule has 0 aliphatic carbocycles. The number of esters is 1. The molecule has 0 rings (SSSR count). The van der Waals surface area contributed by atoms with Crippen LogP contribution in [0, 0.1) is 11.3 Å².